The molecule has 1 spiro atoms. The number of hydrogen-bond acceptors (Lipinski definition) is 4. The average Bonchev–Trinajstić information content (AvgIpc) is 2.77. The van der Waals surface area contributed by atoms with Crippen LogP contribution in [-0.2, 0) is 17.5 Å². The summed E-state index contributed by atoms with van der Waals surface area (Å²) in [6, 6.07) is 4.31. The minimum absolute atomic E-state index is 0.0657. The Morgan fingerprint density at radius 2 is 1.60 bits per heavy atom. The molecule has 1 amide bonds. The third-order valence-corrected chi connectivity index (χ3v) is 7.37. The minimum atomic E-state index is -4.60. The molecule has 3 aliphatic heterocycles. The lowest BCUT2D eigenvalue weighted by molar-refractivity contribution is -0.200. The molecule has 1 aromatic carbocycles. The van der Waals surface area contributed by atoms with Crippen LogP contribution >= 0.6 is 0 Å². The highest BCUT2D eigenvalue weighted by atomic mass is 19.4. The van der Waals surface area contributed by atoms with Gasteiger partial charge in [-0.05, 0) is 68.2 Å². The third kappa shape index (κ3) is 6.16. The van der Waals surface area contributed by atoms with Gasteiger partial charge in [-0.2, -0.15) is 26.3 Å². The number of benzene rings is 1. The maximum Gasteiger partial charge on any atom is 0.425 e. The second-order valence-electron chi connectivity index (χ2n) is 10.1. The van der Waals surface area contributed by atoms with E-state index in [9.17, 15) is 31.1 Å². The fourth-order valence-corrected chi connectivity index (χ4v) is 5.31. The molecule has 5 nitrogen and oxygen atoms in total. The van der Waals surface area contributed by atoms with E-state index in [-0.39, 0.29) is 5.41 Å². The summed E-state index contributed by atoms with van der Waals surface area (Å²) in [7, 11) is 0. The molecule has 1 atom stereocenters. The lowest BCUT2D eigenvalue weighted by atomic mass is 9.72. The van der Waals surface area contributed by atoms with Gasteiger partial charge in [-0.3, -0.25) is 4.90 Å². The van der Waals surface area contributed by atoms with Crippen LogP contribution in [-0.4, -0.2) is 67.4 Å². The molecule has 196 valence electrons. The Morgan fingerprint density at radius 3 is 2.17 bits per heavy atom. The molecule has 1 unspecified atom stereocenters. The predicted octanol–water partition coefficient (Wildman–Crippen LogP) is 5.68. The molecule has 4 rings (SSSR count). The van der Waals surface area contributed by atoms with Gasteiger partial charge in [0.2, 0.25) is 0 Å². The predicted molar refractivity (Wildman–Crippen MR) is 118 cm³/mol. The summed E-state index contributed by atoms with van der Waals surface area (Å²) < 4.78 is 83.1. The summed E-state index contributed by atoms with van der Waals surface area (Å²) >= 11 is 0. The zero-order valence-electron chi connectivity index (χ0n) is 19.7. The van der Waals surface area contributed by atoms with Gasteiger partial charge in [-0.15, -0.1) is 0 Å². The molecule has 3 saturated heterocycles. The maximum atomic E-state index is 13.5. The Bertz CT molecular complexity index is 898. The number of alkyl halides is 6. The molecular formula is C24H31F6N3O2. The summed E-state index contributed by atoms with van der Waals surface area (Å²) in [5, 5.41) is 0. The summed E-state index contributed by atoms with van der Waals surface area (Å²) in [6.45, 7) is 4.70. The fourth-order valence-electron chi connectivity index (χ4n) is 5.31. The summed E-state index contributed by atoms with van der Waals surface area (Å²) in [4.78, 5) is 17.5. The summed E-state index contributed by atoms with van der Waals surface area (Å²) in [5.74, 6) is 0. The smallest absolute Gasteiger partial charge is 0.425 e. The Balaban J connectivity index is 1.33. The highest BCUT2D eigenvalue weighted by Gasteiger charge is 2.46. The number of anilines is 1. The zero-order chi connectivity index (χ0) is 25.4. The van der Waals surface area contributed by atoms with E-state index in [1.807, 2.05) is 11.0 Å². The van der Waals surface area contributed by atoms with Crippen molar-refractivity contribution in [3.05, 3.63) is 29.3 Å². The summed E-state index contributed by atoms with van der Waals surface area (Å²) in [6.07, 6.45) is -7.85. The largest absolute Gasteiger partial charge is 0.437 e. The van der Waals surface area contributed by atoms with Crippen LogP contribution in [0.2, 0.25) is 0 Å². The van der Waals surface area contributed by atoms with Gasteiger partial charge in [0.15, 0.2) is 6.10 Å². The number of amides is 1. The molecule has 3 heterocycles. The number of nitrogens with zero attached hydrogens (tertiary/aromatic N) is 3. The first-order valence-electron chi connectivity index (χ1n) is 12.1. The Hall–Kier alpha value is -2.17. The highest BCUT2D eigenvalue weighted by molar-refractivity contribution is 5.68. The quantitative estimate of drug-likeness (QED) is 0.492. The number of hydrogen-bond donors (Lipinski definition) is 0. The first kappa shape index (κ1) is 25.9. The number of carbonyl (C=O) groups is 1. The number of ether oxygens (including phenoxy) is 1. The molecule has 35 heavy (non-hydrogen) atoms. The zero-order valence-corrected chi connectivity index (χ0v) is 19.7. The van der Waals surface area contributed by atoms with Gasteiger partial charge in [0, 0.05) is 51.5 Å². The van der Waals surface area contributed by atoms with Crippen LogP contribution in [0.4, 0.5) is 36.8 Å². The van der Waals surface area contributed by atoms with Crippen molar-refractivity contribution in [3.63, 3.8) is 0 Å². The number of rotatable bonds is 4. The van der Waals surface area contributed by atoms with Gasteiger partial charge >= 0.3 is 18.4 Å². The average molecular weight is 508 g/mol. The van der Waals surface area contributed by atoms with Crippen molar-refractivity contribution < 1.29 is 35.9 Å². The monoisotopic (exact) mass is 507 g/mol. The summed E-state index contributed by atoms with van der Waals surface area (Å²) in [5.41, 5.74) is 0.539. The van der Waals surface area contributed by atoms with Crippen LogP contribution in [0.15, 0.2) is 18.2 Å². The van der Waals surface area contributed by atoms with E-state index in [0.29, 0.717) is 56.8 Å². The SMILES string of the molecule is CC(OC(=O)N1CCC2(CC1)CN(Cc1cc(N3CCCCC3)cc(C(F)(F)F)c1)C2)C(F)(F)F. The second kappa shape index (κ2) is 9.71. The first-order chi connectivity index (χ1) is 16.3. The molecule has 0 aromatic heterocycles. The van der Waals surface area contributed by atoms with Crippen LogP contribution in [0.5, 0.6) is 0 Å². The molecule has 0 N–H and O–H groups in total. The molecule has 11 heteroatoms. The van der Waals surface area contributed by atoms with E-state index in [1.165, 1.54) is 17.0 Å². The second-order valence-corrected chi connectivity index (χ2v) is 10.1. The van der Waals surface area contributed by atoms with Gasteiger partial charge < -0.3 is 14.5 Å². The number of halogens is 6. The highest BCUT2D eigenvalue weighted by Crippen LogP contribution is 2.42. The standard InChI is InChI=1S/C24H31F6N3O2/c1-17(23(25,26)27)35-21(34)33-9-5-22(6-10-33)15-31(16-22)14-18-11-19(24(28,29)30)13-20(12-18)32-7-3-2-4-8-32/h11-13,17H,2-10,14-16H2,1H3. The maximum absolute atomic E-state index is 13.5. The number of piperidine rings is 2. The van der Waals surface area contributed by atoms with E-state index in [2.05, 4.69) is 9.64 Å². The van der Waals surface area contributed by atoms with Gasteiger partial charge in [0.25, 0.3) is 0 Å². The Morgan fingerprint density at radius 1 is 0.971 bits per heavy atom. The first-order valence-corrected chi connectivity index (χ1v) is 12.1. The third-order valence-electron chi connectivity index (χ3n) is 7.37. The van der Waals surface area contributed by atoms with Crippen molar-refractivity contribution in [2.24, 2.45) is 5.41 Å². The molecule has 3 fully saturated rings. The van der Waals surface area contributed by atoms with E-state index >= 15 is 0 Å². The van der Waals surface area contributed by atoms with Crippen LogP contribution in [0.25, 0.3) is 0 Å². The molecule has 3 aliphatic rings. The molecular weight excluding hydrogens is 476 g/mol. The molecule has 1 aromatic rings. The van der Waals surface area contributed by atoms with Gasteiger partial charge in [0.1, 0.15) is 0 Å². The van der Waals surface area contributed by atoms with Crippen molar-refractivity contribution in [1.82, 2.24) is 9.80 Å². The topological polar surface area (TPSA) is 36.0 Å². The molecule has 0 radical (unpaired) electrons. The van der Waals surface area contributed by atoms with Crippen molar-refractivity contribution in [2.45, 2.75) is 64.0 Å². The van der Waals surface area contributed by atoms with Gasteiger partial charge in [-0.1, -0.05) is 0 Å². The van der Waals surface area contributed by atoms with E-state index in [4.69, 9.17) is 0 Å². The number of likely N-dealkylation sites (tertiary alicyclic amines) is 2. The molecule has 0 saturated carbocycles. The van der Waals surface area contributed by atoms with Crippen LogP contribution in [0, 0.1) is 5.41 Å². The van der Waals surface area contributed by atoms with Crippen LogP contribution < -0.4 is 4.90 Å². The minimum Gasteiger partial charge on any atom is -0.437 e. The van der Waals surface area contributed by atoms with Crippen molar-refractivity contribution in [2.75, 3.05) is 44.2 Å². The molecule has 0 aliphatic carbocycles. The number of carbonyl (C=O) groups excluding carboxylic acids is 1. The van der Waals surface area contributed by atoms with Crippen molar-refractivity contribution in [1.29, 1.82) is 0 Å². The van der Waals surface area contributed by atoms with E-state index in [1.54, 1.807) is 0 Å². The normalized spacial score (nSPS) is 22.1. The lowest BCUT2D eigenvalue weighted by Crippen LogP contribution is -2.60. The molecule has 0 bridgehead atoms. The van der Waals surface area contributed by atoms with Crippen molar-refractivity contribution in [3.8, 4) is 0 Å². The van der Waals surface area contributed by atoms with E-state index < -0.39 is 30.1 Å². The lowest BCUT2D eigenvalue weighted by Gasteiger charge is -2.54. The van der Waals surface area contributed by atoms with Crippen LogP contribution in [0.1, 0.15) is 50.2 Å². The van der Waals surface area contributed by atoms with Gasteiger partial charge in [-0.25, -0.2) is 4.79 Å². The Labute approximate surface area is 201 Å². The Kier molecular flexibility index (Phi) is 7.19. The van der Waals surface area contributed by atoms with Crippen molar-refractivity contribution >= 4 is 11.8 Å². The fraction of sp³-hybridized carbons (Fsp3) is 0.708. The van der Waals surface area contributed by atoms with Crippen LogP contribution in [0.3, 0.4) is 0 Å². The van der Waals surface area contributed by atoms with Gasteiger partial charge in [0.05, 0.1) is 5.56 Å². The van der Waals surface area contributed by atoms with E-state index in [0.717, 1.165) is 39.3 Å².